The van der Waals surface area contributed by atoms with Crippen molar-refractivity contribution in [3.63, 3.8) is 0 Å². The van der Waals surface area contributed by atoms with Crippen molar-refractivity contribution in [1.29, 1.82) is 0 Å². The van der Waals surface area contributed by atoms with Gasteiger partial charge in [-0.3, -0.25) is 14.5 Å². The number of hydrogen-bond acceptors (Lipinski definition) is 4. The van der Waals surface area contributed by atoms with Gasteiger partial charge in [0.25, 0.3) is 0 Å². The summed E-state index contributed by atoms with van der Waals surface area (Å²) in [6.07, 6.45) is 0.118. The van der Waals surface area contributed by atoms with Gasteiger partial charge in [0.05, 0.1) is 6.54 Å². The minimum atomic E-state index is -0.902. The smallest absolute Gasteiger partial charge is 0.317 e. The molecule has 0 heterocycles. The van der Waals surface area contributed by atoms with Crippen molar-refractivity contribution in [2.45, 2.75) is 12.5 Å². The number of ether oxygens (including phenoxy) is 1. The van der Waals surface area contributed by atoms with Gasteiger partial charge < -0.3 is 9.84 Å². The first kappa shape index (κ1) is 22.2. The van der Waals surface area contributed by atoms with Gasteiger partial charge in [-0.25, -0.2) is 4.39 Å². The van der Waals surface area contributed by atoms with E-state index in [2.05, 4.69) is 0 Å². The van der Waals surface area contributed by atoms with Crippen LogP contribution in [0.25, 0.3) is 0 Å². The molecule has 0 aliphatic rings. The number of carboxylic acids is 1. The summed E-state index contributed by atoms with van der Waals surface area (Å²) in [7, 11) is 1.72. The molecule has 0 aromatic heterocycles. The number of ketones is 1. The number of carbonyl (C=O) groups is 2. The van der Waals surface area contributed by atoms with Gasteiger partial charge >= 0.3 is 5.97 Å². The lowest BCUT2D eigenvalue weighted by Gasteiger charge is -2.22. The molecule has 1 atom stereocenters. The van der Waals surface area contributed by atoms with Gasteiger partial charge in [0, 0.05) is 24.1 Å². The van der Waals surface area contributed by atoms with E-state index in [9.17, 15) is 14.0 Å². The second kappa shape index (κ2) is 10.5. The second-order valence-electron chi connectivity index (χ2n) is 7.30. The normalized spacial score (nSPS) is 11.8. The summed E-state index contributed by atoms with van der Waals surface area (Å²) in [4.78, 5) is 25.2. The number of benzene rings is 3. The predicted molar refractivity (Wildman–Crippen MR) is 116 cm³/mol. The Morgan fingerprint density at radius 1 is 0.935 bits per heavy atom. The maximum atomic E-state index is 13.3. The van der Waals surface area contributed by atoms with Crippen LogP contribution in [0.4, 0.5) is 4.39 Å². The van der Waals surface area contributed by atoms with Gasteiger partial charge in [0.2, 0.25) is 0 Å². The Labute approximate surface area is 180 Å². The zero-order valence-corrected chi connectivity index (χ0v) is 17.2. The number of carbonyl (C=O) groups excluding carboxylic acids is 1. The van der Waals surface area contributed by atoms with E-state index in [4.69, 9.17) is 9.84 Å². The number of rotatable bonds is 10. The number of aliphatic carboxylic acids is 1. The van der Waals surface area contributed by atoms with Gasteiger partial charge in [-0.2, -0.15) is 0 Å². The van der Waals surface area contributed by atoms with Gasteiger partial charge in [0.15, 0.2) is 5.78 Å². The largest absolute Gasteiger partial charge is 0.486 e. The molecular formula is C25H24FNO4. The molecular weight excluding hydrogens is 397 g/mol. The summed E-state index contributed by atoms with van der Waals surface area (Å²) in [5.41, 5.74) is 1.95. The fraction of sp³-hybridized carbons (Fsp3) is 0.200. The third kappa shape index (κ3) is 6.49. The molecule has 0 saturated carbocycles. The highest BCUT2D eigenvalue weighted by atomic mass is 19.1. The van der Waals surface area contributed by atoms with Crippen LogP contribution in [0.1, 0.15) is 34.0 Å². The van der Waals surface area contributed by atoms with Crippen molar-refractivity contribution >= 4 is 11.8 Å². The summed E-state index contributed by atoms with van der Waals surface area (Å²) < 4.78 is 19.5. The molecule has 0 aliphatic heterocycles. The molecule has 3 aromatic rings. The van der Waals surface area contributed by atoms with Gasteiger partial charge in [-0.05, 0) is 49.0 Å². The molecule has 5 nitrogen and oxygen atoms in total. The van der Waals surface area contributed by atoms with Crippen LogP contribution in [0, 0.1) is 5.82 Å². The molecule has 3 rings (SSSR count). The summed E-state index contributed by atoms with van der Waals surface area (Å²) in [5.74, 6) is -0.743. The van der Waals surface area contributed by atoms with Crippen molar-refractivity contribution in [3.8, 4) is 5.75 Å². The molecule has 1 N–H and O–H groups in total. The summed E-state index contributed by atoms with van der Waals surface area (Å²) in [5, 5.41) is 8.94. The summed E-state index contributed by atoms with van der Waals surface area (Å²) in [6, 6.07) is 22.0. The number of likely N-dealkylation sites (N-methyl/N-ethyl adjacent to an activating group) is 1. The number of nitrogens with zero attached hydrogens (tertiary/aromatic N) is 1. The first-order valence-corrected chi connectivity index (χ1v) is 9.94. The van der Waals surface area contributed by atoms with Crippen LogP contribution in [0.5, 0.6) is 5.75 Å². The van der Waals surface area contributed by atoms with Crippen LogP contribution in [-0.4, -0.2) is 41.9 Å². The van der Waals surface area contributed by atoms with E-state index in [0.717, 1.165) is 5.56 Å². The Hall–Kier alpha value is -3.51. The Kier molecular flexibility index (Phi) is 7.51. The van der Waals surface area contributed by atoms with Crippen molar-refractivity contribution in [2.24, 2.45) is 0 Å². The molecule has 0 aliphatic carbocycles. The Bertz CT molecular complexity index is 1000. The molecule has 0 radical (unpaired) electrons. The third-order valence-electron chi connectivity index (χ3n) is 4.85. The standard InChI is InChI=1S/C25H24FNO4/c1-27(17-24(28)29)16-15-23(18-7-11-21(26)12-8-18)31-22-13-9-20(10-14-22)25(30)19-5-3-2-4-6-19/h2-14,23H,15-17H2,1H3,(H,28,29). The van der Waals surface area contributed by atoms with Crippen molar-refractivity contribution in [3.05, 3.63) is 101 Å². The third-order valence-corrected chi connectivity index (χ3v) is 4.85. The van der Waals surface area contributed by atoms with Gasteiger partial charge in [-0.1, -0.05) is 42.5 Å². The summed E-state index contributed by atoms with van der Waals surface area (Å²) >= 11 is 0. The zero-order chi connectivity index (χ0) is 22.2. The lowest BCUT2D eigenvalue weighted by Crippen LogP contribution is -2.28. The maximum absolute atomic E-state index is 13.3. The predicted octanol–water partition coefficient (Wildman–Crippen LogP) is 4.58. The van der Waals surface area contributed by atoms with E-state index < -0.39 is 12.1 Å². The average molecular weight is 421 g/mol. The lowest BCUT2D eigenvalue weighted by atomic mass is 10.0. The number of hydrogen-bond donors (Lipinski definition) is 1. The SMILES string of the molecule is CN(CCC(Oc1ccc(C(=O)c2ccccc2)cc1)c1ccc(F)cc1)CC(=O)O. The lowest BCUT2D eigenvalue weighted by molar-refractivity contribution is -0.138. The van der Waals surface area contributed by atoms with E-state index in [1.165, 1.54) is 12.1 Å². The topological polar surface area (TPSA) is 66.8 Å². The Morgan fingerprint density at radius 2 is 1.55 bits per heavy atom. The molecule has 0 amide bonds. The molecule has 31 heavy (non-hydrogen) atoms. The first-order valence-electron chi connectivity index (χ1n) is 9.94. The molecule has 1 unspecified atom stereocenters. The molecule has 0 spiro atoms. The quantitative estimate of drug-likeness (QED) is 0.485. The van der Waals surface area contributed by atoms with Crippen LogP contribution < -0.4 is 4.74 Å². The monoisotopic (exact) mass is 421 g/mol. The van der Waals surface area contributed by atoms with E-state index >= 15 is 0 Å². The van der Waals surface area contributed by atoms with Crippen LogP contribution in [0.15, 0.2) is 78.9 Å². The minimum absolute atomic E-state index is 0.0717. The van der Waals surface area contributed by atoms with Gasteiger partial charge in [-0.15, -0.1) is 0 Å². The fourth-order valence-electron chi connectivity index (χ4n) is 3.22. The van der Waals surface area contributed by atoms with Crippen molar-refractivity contribution < 1.29 is 23.8 Å². The van der Waals surface area contributed by atoms with E-state index in [-0.39, 0.29) is 18.1 Å². The molecule has 3 aromatic carbocycles. The highest BCUT2D eigenvalue weighted by molar-refractivity contribution is 6.08. The second-order valence-corrected chi connectivity index (χ2v) is 7.30. The van der Waals surface area contributed by atoms with Crippen molar-refractivity contribution in [1.82, 2.24) is 4.90 Å². The Morgan fingerprint density at radius 3 is 2.16 bits per heavy atom. The minimum Gasteiger partial charge on any atom is -0.486 e. The maximum Gasteiger partial charge on any atom is 0.317 e. The Balaban J connectivity index is 1.73. The number of halogens is 1. The highest BCUT2D eigenvalue weighted by Gasteiger charge is 2.16. The van der Waals surface area contributed by atoms with Crippen LogP contribution in [0.3, 0.4) is 0 Å². The zero-order valence-electron chi connectivity index (χ0n) is 17.2. The highest BCUT2D eigenvalue weighted by Crippen LogP contribution is 2.26. The van der Waals surface area contributed by atoms with E-state index in [1.807, 2.05) is 18.2 Å². The molecule has 0 saturated heterocycles. The van der Waals surface area contributed by atoms with Crippen LogP contribution >= 0.6 is 0 Å². The van der Waals surface area contributed by atoms with Crippen LogP contribution in [0.2, 0.25) is 0 Å². The van der Waals surface area contributed by atoms with Gasteiger partial charge in [0.1, 0.15) is 17.7 Å². The average Bonchev–Trinajstić information content (AvgIpc) is 2.77. The van der Waals surface area contributed by atoms with Crippen LogP contribution in [-0.2, 0) is 4.79 Å². The fourth-order valence-corrected chi connectivity index (χ4v) is 3.22. The summed E-state index contributed by atoms with van der Waals surface area (Å²) in [6.45, 7) is 0.408. The molecule has 0 fully saturated rings. The first-order chi connectivity index (χ1) is 14.9. The number of carboxylic acid groups (broad SMARTS) is 1. The van der Waals surface area contributed by atoms with E-state index in [0.29, 0.717) is 29.8 Å². The van der Waals surface area contributed by atoms with Crippen molar-refractivity contribution in [2.75, 3.05) is 20.1 Å². The molecule has 6 heteroatoms. The molecule has 160 valence electrons. The van der Waals surface area contributed by atoms with E-state index in [1.54, 1.807) is 60.5 Å². The molecule has 0 bridgehead atoms.